The number of rotatable bonds is 5. The Balaban J connectivity index is 0.000000567. The van der Waals surface area contributed by atoms with Gasteiger partial charge in [0.05, 0.1) is 18.9 Å². The second-order valence-corrected chi connectivity index (χ2v) is 10.5. The summed E-state index contributed by atoms with van der Waals surface area (Å²) in [5.41, 5.74) is -1.54. The number of aliphatic hydroxyl groups excluding tert-OH is 2. The molecule has 0 aromatic rings. The fourth-order valence-corrected chi connectivity index (χ4v) is 7.13. The van der Waals surface area contributed by atoms with Gasteiger partial charge >= 0.3 is 41.5 Å². The van der Waals surface area contributed by atoms with Crippen molar-refractivity contribution in [3.8, 4) is 0 Å². The molecule has 10 heteroatoms. The molecule has 0 saturated heterocycles. The average molecular weight is 517 g/mol. The maximum Gasteiger partial charge on any atom is 1.00 e. The molecule has 0 heterocycles. The van der Waals surface area contributed by atoms with Crippen LogP contribution < -0.4 is 29.6 Å². The maximum absolute atomic E-state index is 12.4. The molecule has 7 atom stereocenters. The summed E-state index contributed by atoms with van der Waals surface area (Å²) in [5.74, 6) is -2.38. The zero-order chi connectivity index (χ0) is 25.5. The van der Waals surface area contributed by atoms with Crippen LogP contribution in [0.25, 0.3) is 0 Å². The van der Waals surface area contributed by atoms with Gasteiger partial charge in [0.2, 0.25) is 0 Å². The first-order valence-electron chi connectivity index (χ1n) is 11.7. The molecule has 4 aliphatic rings. The Morgan fingerprint density at radius 2 is 1.67 bits per heavy atom. The molecule has 4 unspecified atom stereocenters. The van der Waals surface area contributed by atoms with E-state index in [4.69, 9.17) is 10.2 Å². The molecule has 3 fully saturated rings. The summed E-state index contributed by atoms with van der Waals surface area (Å²) in [4.78, 5) is 43.4. The van der Waals surface area contributed by atoms with Crippen molar-refractivity contribution in [3.63, 3.8) is 0 Å². The zero-order valence-electron chi connectivity index (χ0n) is 21.6. The van der Waals surface area contributed by atoms with E-state index in [2.05, 4.69) is 6.92 Å². The van der Waals surface area contributed by atoms with E-state index in [1.807, 2.05) is 13.0 Å². The Labute approximate surface area is 234 Å². The van der Waals surface area contributed by atoms with Crippen LogP contribution in [0.3, 0.4) is 0 Å². The van der Waals surface area contributed by atoms with Crippen LogP contribution >= 0.6 is 0 Å². The molecule has 0 spiro atoms. The standard InChI is InChI=1S/C21H28O5.C4H6O4.CH3.Na/c1-19-7-5-13(23)9-12(19)3-4-14-15-6-8-21(26,17(25)11-22)20(15,2)10-16(24)18(14)19;5-3(6)1-2-4(7)8;;/h5,7,9,14-16,18,22,24,26H,3-4,6,8,10-11H2,1-2H3;1-2H2,(H,5,6)(H,7,8);1H3;/q;;-1;+1/t14?,15?,16?,18?,19-,20-,21-;;;/m0.../s1. The SMILES string of the molecule is C[C@]12C=CC(=O)C=C1CCC1C2C(O)C[C@@]2(C)C1CC[C@]2(O)C(=O)CO.O=C(O)CCC(=O)O.[CH3-].[Na+]. The van der Waals surface area contributed by atoms with Crippen molar-refractivity contribution < 1.29 is 74.3 Å². The first kappa shape index (κ1) is 32.7. The Morgan fingerprint density at radius 3 is 2.19 bits per heavy atom. The second-order valence-electron chi connectivity index (χ2n) is 10.5. The summed E-state index contributed by atoms with van der Waals surface area (Å²) in [6.07, 6.45) is 7.09. The van der Waals surface area contributed by atoms with Crippen LogP contribution in [0.5, 0.6) is 0 Å². The minimum Gasteiger partial charge on any atom is -0.481 e. The van der Waals surface area contributed by atoms with Gasteiger partial charge in [-0.15, -0.1) is 0 Å². The van der Waals surface area contributed by atoms with Gasteiger partial charge in [-0.1, -0.05) is 25.5 Å². The van der Waals surface area contributed by atoms with Gasteiger partial charge in [0.1, 0.15) is 12.2 Å². The van der Waals surface area contributed by atoms with Gasteiger partial charge in [-0.05, 0) is 56.1 Å². The molecule has 5 N–H and O–H groups in total. The van der Waals surface area contributed by atoms with E-state index >= 15 is 0 Å². The molecule has 0 aliphatic heterocycles. The maximum atomic E-state index is 12.4. The summed E-state index contributed by atoms with van der Waals surface area (Å²) in [7, 11) is 0. The van der Waals surface area contributed by atoms with E-state index in [0.29, 0.717) is 12.8 Å². The number of carbonyl (C=O) groups excluding carboxylic acids is 2. The van der Waals surface area contributed by atoms with E-state index in [1.54, 1.807) is 12.2 Å². The van der Waals surface area contributed by atoms with Crippen LogP contribution in [-0.2, 0) is 19.2 Å². The summed E-state index contributed by atoms with van der Waals surface area (Å²) in [6, 6.07) is 0. The third kappa shape index (κ3) is 5.56. The summed E-state index contributed by atoms with van der Waals surface area (Å²) in [6.45, 7) is 3.34. The van der Waals surface area contributed by atoms with Crippen molar-refractivity contribution in [1.82, 2.24) is 0 Å². The van der Waals surface area contributed by atoms with Gasteiger partial charge in [0, 0.05) is 16.7 Å². The smallest absolute Gasteiger partial charge is 0.481 e. The molecule has 0 radical (unpaired) electrons. The van der Waals surface area contributed by atoms with Crippen LogP contribution in [-0.4, -0.2) is 67.3 Å². The fraction of sp³-hybridized carbons (Fsp3) is 0.654. The van der Waals surface area contributed by atoms with Gasteiger partial charge in [-0.2, -0.15) is 0 Å². The summed E-state index contributed by atoms with van der Waals surface area (Å²) < 4.78 is 0. The number of carbonyl (C=O) groups is 4. The number of fused-ring (bicyclic) bond motifs is 5. The summed E-state index contributed by atoms with van der Waals surface area (Å²) in [5, 5.41) is 47.5. The molecular weight excluding hydrogens is 479 g/mol. The molecular formula is C26H37NaO9. The van der Waals surface area contributed by atoms with Gasteiger partial charge in [0.25, 0.3) is 0 Å². The fourth-order valence-electron chi connectivity index (χ4n) is 7.13. The molecule has 4 aliphatic carbocycles. The third-order valence-corrected chi connectivity index (χ3v) is 8.81. The first-order chi connectivity index (χ1) is 15.8. The number of carboxylic acid groups (broad SMARTS) is 2. The average Bonchev–Trinajstić information content (AvgIpc) is 3.03. The molecule has 0 aromatic heterocycles. The molecule has 0 aromatic carbocycles. The number of hydrogen-bond donors (Lipinski definition) is 5. The molecule has 9 nitrogen and oxygen atoms in total. The molecule has 196 valence electrons. The number of hydrogen-bond acceptors (Lipinski definition) is 7. The third-order valence-electron chi connectivity index (χ3n) is 8.81. The topological polar surface area (TPSA) is 169 Å². The van der Waals surface area contributed by atoms with Gasteiger partial charge in [0.15, 0.2) is 11.6 Å². The molecule has 4 rings (SSSR count). The monoisotopic (exact) mass is 516 g/mol. The van der Waals surface area contributed by atoms with Gasteiger partial charge in [-0.25, -0.2) is 0 Å². The van der Waals surface area contributed by atoms with Gasteiger partial charge in [-0.3, -0.25) is 19.2 Å². The molecule has 0 amide bonds. The molecule has 0 bridgehead atoms. The van der Waals surface area contributed by atoms with E-state index in [9.17, 15) is 34.5 Å². The van der Waals surface area contributed by atoms with E-state index < -0.39 is 41.4 Å². The van der Waals surface area contributed by atoms with Crippen LogP contribution in [0.4, 0.5) is 0 Å². The Bertz CT molecular complexity index is 930. The number of aliphatic hydroxyl groups is 3. The number of ketones is 2. The zero-order valence-corrected chi connectivity index (χ0v) is 23.6. The Kier molecular flexibility index (Phi) is 10.9. The number of allylic oxidation sites excluding steroid dienone is 4. The van der Waals surface area contributed by atoms with Crippen molar-refractivity contribution in [3.05, 3.63) is 31.2 Å². The predicted molar refractivity (Wildman–Crippen MR) is 126 cm³/mol. The largest absolute Gasteiger partial charge is 1.00 e. The van der Waals surface area contributed by atoms with Crippen LogP contribution in [0.1, 0.15) is 58.8 Å². The van der Waals surface area contributed by atoms with E-state index in [-0.39, 0.29) is 78.8 Å². The number of Topliss-reactive ketones (excluding diaryl/α,β-unsaturated/α-hetero) is 1. The predicted octanol–water partition coefficient (Wildman–Crippen LogP) is -1.05. The minimum absolute atomic E-state index is 0. The molecule has 36 heavy (non-hydrogen) atoms. The normalized spacial score (nSPS) is 37.9. The van der Waals surface area contributed by atoms with Gasteiger partial charge < -0.3 is 33.0 Å². The summed E-state index contributed by atoms with van der Waals surface area (Å²) >= 11 is 0. The van der Waals surface area contributed by atoms with Crippen molar-refractivity contribution in [2.24, 2.45) is 28.6 Å². The van der Waals surface area contributed by atoms with Crippen molar-refractivity contribution >= 4 is 23.5 Å². The van der Waals surface area contributed by atoms with Crippen molar-refractivity contribution in [2.45, 2.75) is 70.5 Å². The van der Waals surface area contributed by atoms with Crippen molar-refractivity contribution in [1.29, 1.82) is 0 Å². The minimum atomic E-state index is -1.56. The second kappa shape index (κ2) is 12.0. The Hall–Kier alpha value is -1.36. The number of aliphatic carboxylic acids is 2. The first-order valence-corrected chi connectivity index (χ1v) is 11.7. The number of carboxylic acids is 2. The molecule has 3 saturated carbocycles. The van der Waals surface area contributed by atoms with E-state index in [0.717, 1.165) is 24.8 Å². The van der Waals surface area contributed by atoms with E-state index in [1.165, 1.54) is 0 Å². The van der Waals surface area contributed by atoms with Crippen LogP contribution in [0.15, 0.2) is 23.8 Å². The quantitative estimate of drug-likeness (QED) is 0.226. The van der Waals surface area contributed by atoms with Crippen molar-refractivity contribution in [2.75, 3.05) is 6.61 Å². The Morgan fingerprint density at radius 1 is 1.08 bits per heavy atom. The van der Waals surface area contributed by atoms with Crippen LogP contribution in [0, 0.1) is 36.0 Å². The van der Waals surface area contributed by atoms with Crippen LogP contribution in [0.2, 0.25) is 0 Å².